The van der Waals surface area contributed by atoms with Crippen molar-refractivity contribution in [3.8, 4) is 0 Å². The van der Waals surface area contributed by atoms with E-state index >= 15 is 0 Å². The smallest absolute Gasteiger partial charge is 0.0367 e. The first-order valence-corrected chi connectivity index (χ1v) is 5.46. The Labute approximate surface area is 89.4 Å². The molecule has 0 unspecified atom stereocenters. The van der Waals surface area contributed by atoms with Gasteiger partial charge in [-0.15, -0.1) is 0 Å². The van der Waals surface area contributed by atoms with E-state index < -0.39 is 0 Å². The summed E-state index contributed by atoms with van der Waals surface area (Å²) in [6.45, 7) is 0. The maximum Gasteiger partial charge on any atom is 0.0367 e. The van der Waals surface area contributed by atoms with Crippen LogP contribution in [0.2, 0.25) is 0 Å². The van der Waals surface area contributed by atoms with Gasteiger partial charge in [-0.25, -0.2) is 0 Å². The van der Waals surface area contributed by atoms with Crippen molar-refractivity contribution < 1.29 is 1.37 Å². The Balaban J connectivity index is 2.20. The first-order valence-electron chi connectivity index (χ1n) is 5.22. The second-order valence-electron chi connectivity index (χ2n) is 3.32. The van der Waals surface area contributed by atoms with E-state index in [1.807, 2.05) is 24.3 Å². The molecule has 2 aromatic carbocycles. The molecule has 14 heavy (non-hydrogen) atoms. The van der Waals surface area contributed by atoms with Crippen LogP contribution in [0.4, 0.5) is 0 Å². The molecule has 0 radical (unpaired) electrons. The Kier molecular flexibility index (Phi) is 1.62. The summed E-state index contributed by atoms with van der Waals surface area (Å²) in [6, 6.07) is 16.4. The first kappa shape index (κ1) is 7.13. The number of rotatable bonds is 0. The molecule has 3 rings (SSSR count). The van der Waals surface area contributed by atoms with Crippen molar-refractivity contribution in [3.05, 3.63) is 59.7 Å². The summed E-state index contributed by atoms with van der Waals surface area (Å²) in [5.41, 5.74) is 2.25. The average Bonchev–Trinajstić information content (AvgIpc) is 2.30. The monoisotopic (exact) mass is 199 g/mol. The van der Waals surface area contributed by atoms with Crippen molar-refractivity contribution in [1.82, 2.24) is 0 Å². The molecule has 0 nitrogen and oxygen atoms in total. The van der Waals surface area contributed by atoms with Crippen LogP contribution >= 0.6 is 11.8 Å². The van der Waals surface area contributed by atoms with Crippen LogP contribution in [0.5, 0.6) is 0 Å². The molecule has 0 saturated carbocycles. The van der Waals surface area contributed by atoms with Gasteiger partial charge in [0, 0.05) is 11.2 Å². The van der Waals surface area contributed by atoms with Gasteiger partial charge in [-0.05, 0) is 29.7 Å². The molecular formula is C13H10S. The molecule has 1 aliphatic rings. The summed E-state index contributed by atoms with van der Waals surface area (Å²) >= 11 is 1.77. The number of fused-ring (bicyclic) bond motifs is 2. The maximum atomic E-state index is 8.22. The predicted molar refractivity (Wildman–Crippen MR) is 59.8 cm³/mol. The van der Waals surface area contributed by atoms with Crippen LogP contribution in [0, 0.1) is 0 Å². The molecule has 0 atom stereocenters. The van der Waals surface area contributed by atoms with Crippen LogP contribution in [0.1, 0.15) is 12.5 Å². The van der Waals surface area contributed by atoms with Crippen molar-refractivity contribution in [2.24, 2.45) is 0 Å². The minimum atomic E-state index is -0.223. The molecule has 0 bridgehead atoms. The second kappa shape index (κ2) is 3.18. The van der Waals surface area contributed by atoms with Gasteiger partial charge in [0.15, 0.2) is 0 Å². The van der Waals surface area contributed by atoms with Gasteiger partial charge in [0.2, 0.25) is 0 Å². The fraction of sp³-hybridized carbons (Fsp3) is 0.0769. The van der Waals surface area contributed by atoms with Gasteiger partial charge in [-0.3, -0.25) is 0 Å². The molecule has 0 aliphatic carbocycles. The highest BCUT2D eigenvalue weighted by atomic mass is 32.2. The van der Waals surface area contributed by atoms with E-state index in [-0.39, 0.29) is 6.40 Å². The molecular weight excluding hydrogens is 188 g/mol. The highest BCUT2D eigenvalue weighted by molar-refractivity contribution is 7.99. The van der Waals surface area contributed by atoms with E-state index in [9.17, 15) is 0 Å². The van der Waals surface area contributed by atoms with E-state index in [4.69, 9.17) is 1.37 Å². The van der Waals surface area contributed by atoms with Gasteiger partial charge < -0.3 is 0 Å². The summed E-state index contributed by atoms with van der Waals surface area (Å²) in [5, 5.41) is 0. The molecule has 68 valence electrons. The lowest BCUT2D eigenvalue weighted by molar-refractivity contribution is 1.06. The lowest BCUT2D eigenvalue weighted by Crippen LogP contribution is -1.98. The third-order valence-electron chi connectivity index (χ3n) is 2.37. The highest BCUT2D eigenvalue weighted by Crippen LogP contribution is 2.38. The third kappa shape index (κ3) is 1.25. The van der Waals surface area contributed by atoms with Crippen LogP contribution in [0.3, 0.4) is 0 Å². The molecule has 0 spiro atoms. The standard InChI is InChI=1S/C13H10S/c1-3-7-12-10(5-1)9-11-6-2-4-8-13(11)14-12/h1-8H,9H2/i9D. The third-order valence-corrected chi connectivity index (χ3v) is 3.55. The Bertz CT molecular complexity index is 462. The summed E-state index contributed by atoms with van der Waals surface area (Å²) in [4.78, 5) is 2.44. The second-order valence-corrected chi connectivity index (χ2v) is 4.41. The molecule has 0 aromatic heterocycles. The van der Waals surface area contributed by atoms with Gasteiger partial charge in [0.05, 0.1) is 0 Å². The number of hydrogen-bond donors (Lipinski definition) is 0. The lowest BCUT2D eigenvalue weighted by atomic mass is 10.0. The van der Waals surface area contributed by atoms with Gasteiger partial charge in [0.25, 0.3) is 0 Å². The highest BCUT2D eigenvalue weighted by Gasteiger charge is 2.13. The summed E-state index contributed by atoms with van der Waals surface area (Å²) in [5.74, 6) is 0. The van der Waals surface area contributed by atoms with E-state index in [2.05, 4.69) is 24.3 Å². The maximum absolute atomic E-state index is 8.22. The van der Waals surface area contributed by atoms with Crippen molar-refractivity contribution in [3.63, 3.8) is 0 Å². The molecule has 0 N–H and O–H groups in total. The molecule has 1 aliphatic heterocycles. The van der Waals surface area contributed by atoms with Crippen LogP contribution < -0.4 is 0 Å². The van der Waals surface area contributed by atoms with Crippen molar-refractivity contribution in [1.29, 1.82) is 0 Å². The van der Waals surface area contributed by atoms with E-state index in [0.717, 1.165) is 11.1 Å². The van der Waals surface area contributed by atoms with E-state index in [1.165, 1.54) is 9.79 Å². The Morgan fingerprint density at radius 3 is 1.93 bits per heavy atom. The fourth-order valence-corrected chi connectivity index (χ4v) is 2.69. The van der Waals surface area contributed by atoms with Crippen LogP contribution in [-0.4, -0.2) is 0 Å². The minimum Gasteiger partial charge on any atom is -0.0895 e. The topological polar surface area (TPSA) is 0 Å². The zero-order valence-electron chi connectivity index (χ0n) is 8.60. The molecule has 0 amide bonds. The fourth-order valence-electron chi connectivity index (χ4n) is 1.67. The first-order chi connectivity index (χ1) is 7.36. The van der Waals surface area contributed by atoms with Crippen molar-refractivity contribution in [2.45, 2.75) is 16.2 Å². The summed E-state index contributed by atoms with van der Waals surface area (Å²) in [7, 11) is 0. The molecule has 1 heteroatoms. The summed E-state index contributed by atoms with van der Waals surface area (Å²) in [6.07, 6.45) is -0.223. The molecule has 1 heterocycles. The predicted octanol–water partition coefficient (Wildman–Crippen LogP) is 3.74. The van der Waals surface area contributed by atoms with Gasteiger partial charge in [0.1, 0.15) is 0 Å². The van der Waals surface area contributed by atoms with Crippen LogP contribution in [0.25, 0.3) is 0 Å². The van der Waals surface area contributed by atoms with Crippen LogP contribution in [-0.2, 0) is 6.40 Å². The molecule has 0 fully saturated rings. The minimum absolute atomic E-state index is 0.223. The van der Waals surface area contributed by atoms with Crippen molar-refractivity contribution >= 4 is 11.8 Å². The average molecular weight is 199 g/mol. The zero-order chi connectivity index (χ0) is 10.3. The SMILES string of the molecule is [2H]C1c2ccccc2Sc2ccccc21. The Hall–Kier alpha value is -1.21. The summed E-state index contributed by atoms with van der Waals surface area (Å²) < 4.78 is 8.22. The number of benzene rings is 2. The Morgan fingerprint density at radius 1 is 0.857 bits per heavy atom. The lowest BCUT2D eigenvalue weighted by Gasteiger charge is -2.17. The van der Waals surface area contributed by atoms with Gasteiger partial charge in [-0.2, -0.15) is 0 Å². The quantitative estimate of drug-likeness (QED) is 0.623. The van der Waals surface area contributed by atoms with Gasteiger partial charge in [-0.1, -0.05) is 48.2 Å². The molecule has 0 saturated heterocycles. The zero-order valence-corrected chi connectivity index (χ0v) is 8.42. The van der Waals surface area contributed by atoms with Gasteiger partial charge >= 0.3 is 0 Å². The van der Waals surface area contributed by atoms with Crippen molar-refractivity contribution in [2.75, 3.05) is 0 Å². The Morgan fingerprint density at radius 2 is 1.36 bits per heavy atom. The number of hydrogen-bond acceptors (Lipinski definition) is 1. The molecule has 2 aromatic rings. The normalized spacial score (nSPS) is 15.6. The van der Waals surface area contributed by atoms with E-state index in [1.54, 1.807) is 11.8 Å². The van der Waals surface area contributed by atoms with E-state index in [0.29, 0.717) is 0 Å². The van der Waals surface area contributed by atoms with Crippen LogP contribution in [0.15, 0.2) is 58.3 Å². The largest absolute Gasteiger partial charge is 0.0895 e.